The Hall–Kier alpha value is -3.82. The van der Waals surface area contributed by atoms with Crippen LogP contribution in [0.4, 0.5) is 24.5 Å². The molecule has 1 aromatic carbocycles. The monoisotopic (exact) mass is 415 g/mol. The number of ether oxygens (including phenoxy) is 1. The van der Waals surface area contributed by atoms with Gasteiger partial charge in [-0.05, 0) is 25.1 Å². The number of carbonyl (C=O) groups excluding carboxylic acids is 1. The quantitative estimate of drug-likeness (QED) is 0.616. The van der Waals surface area contributed by atoms with Crippen molar-refractivity contribution in [2.45, 2.75) is 13.5 Å². The molecule has 2 N–H and O–H groups in total. The largest absolute Gasteiger partial charge is 0.434 e. The molecular formula is C20H16F3N5O2. The third-order valence-corrected chi connectivity index (χ3v) is 4.51. The number of rotatable bonds is 5. The smallest absolute Gasteiger partial charge is 0.387 e. The molecule has 0 spiro atoms. The van der Waals surface area contributed by atoms with Crippen molar-refractivity contribution in [2.75, 3.05) is 10.6 Å². The van der Waals surface area contributed by atoms with Crippen molar-refractivity contribution in [1.29, 1.82) is 0 Å². The van der Waals surface area contributed by atoms with Gasteiger partial charge in [0.1, 0.15) is 11.6 Å². The Bertz CT molecular complexity index is 1170. The number of carbonyl (C=O) groups is 1. The first kappa shape index (κ1) is 19.5. The van der Waals surface area contributed by atoms with Crippen LogP contribution in [0.2, 0.25) is 0 Å². The molecular weight excluding hydrogens is 399 g/mol. The fourth-order valence-corrected chi connectivity index (χ4v) is 3.29. The molecule has 0 aliphatic carbocycles. The molecule has 7 nitrogen and oxygen atoms in total. The minimum atomic E-state index is -3.12. The van der Waals surface area contributed by atoms with Gasteiger partial charge in [-0.25, -0.2) is 4.39 Å². The van der Waals surface area contributed by atoms with Crippen LogP contribution in [0.3, 0.4) is 0 Å². The fraction of sp³-hybridized carbons (Fsp3) is 0.150. The normalized spacial score (nSPS) is 14.5. The van der Waals surface area contributed by atoms with Crippen LogP contribution in [0.15, 0.2) is 48.6 Å². The van der Waals surface area contributed by atoms with E-state index >= 15 is 0 Å². The number of allylic oxidation sites excluding steroid dienone is 1. The molecule has 0 saturated heterocycles. The SMILES string of the molecule is C/C(Nc1cnn(C)c1)=C1/C(=O)Nc2cnc(-c3c(F)cccc3OC(F)F)cc21. The Morgan fingerprint density at radius 3 is 2.80 bits per heavy atom. The number of nitrogens with one attached hydrogen (secondary N) is 2. The fourth-order valence-electron chi connectivity index (χ4n) is 3.29. The molecule has 0 bridgehead atoms. The van der Waals surface area contributed by atoms with Gasteiger partial charge in [-0.15, -0.1) is 0 Å². The summed E-state index contributed by atoms with van der Waals surface area (Å²) in [6, 6.07) is 5.09. The lowest BCUT2D eigenvalue weighted by Gasteiger charge is -2.12. The summed E-state index contributed by atoms with van der Waals surface area (Å²) in [7, 11) is 1.76. The molecule has 10 heteroatoms. The molecule has 0 atom stereocenters. The first-order chi connectivity index (χ1) is 14.3. The van der Waals surface area contributed by atoms with E-state index in [1.165, 1.54) is 24.4 Å². The maximum absolute atomic E-state index is 14.5. The second-order valence-corrected chi connectivity index (χ2v) is 6.59. The van der Waals surface area contributed by atoms with Gasteiger partial charge in [0.15, 0.2) is 0 Å². The number of pyridine rings is 1. The lowest BCUT2D eigenvalue weighted by atomic mass is 10.0. The summed E-state index contributed by atoms with van der Waals surface area (Å²) in [5, 5.41) is 9.86. The third kappa shape index (κ3) is 3.59. The first-order valence-electron chi connectivity index (χ1n) is 8.85. The van der Waals surface area contributed by atoms with Gasteiger partial charge in [0.05, 0.1) is 40.6 Å². The molecule has 0 fully saturated rings. The van der Waals surface area contributed by atoms with Crippen molar-refractivity contribution >= 4 is 22.9 Å². The lowest BCUT2D eigenvalue weighted by molar-refractivity contribution is -0.110. The molecule has 1 amide bonds. The average Bonchev–Trinajstić information content (AvgIpc) is 3.22. The predicted molar refractivity (Wildman–Crippen MR) is 104 cm³/mol. The number of nitrogens with zero attached hydrogens (tertiary/aromatic N) is 3. The summed E-state index contributed by atoms with van der Waals surface area (Å²) < 4.78 is 46.0. The number of hydrogen-bond donors (Lipinski definition) is 2. The second kappa shape index (κ2) is 7.54. The molecule has 0 unspecified atom stereocenters. The highest BCUT2D eigenvalue weighted by atomic mass is 19.3. The first-order valence-corrected chi connectivity index (χ1v) is 8.85. The third-order valence-electron chi connectivity index (χ3n) is 4.51. The molecule has 1 aliphatic heterocycles. The number of hydrogen-bond acceptors (Lipinski definition) is 5. The molecule has 30 heavy (non-hydrogen) atoms. The summed E-state index contributed by atoms with van der Waals surface area (Å²) in [6.45, 7) is -1.41. The van der Waals surface area contributed by atoms with Gasteiger partial charge in [-0.3, -0.25) is 14.5 Å². The molecule has 1 aliphatic rings. The average molecular weight is 415 g/mol. The van der Waals surface area contributed by atoms with E-state index in [2.05, 4.69) is 25.5 Å². The van der Waals surface area contributed by atoms with Crippen LogP contribution in [-0.4, -0.2) is 27.3 Å². The summed E-state index contributed by atoms with van der Waals surface area (Å²) in [5.41, 5.74) is 2.28. The van der Waals surface area contributed by atoms with Crippen molar-refractivity contribution in [2.24, 2.45) is 7.05 Å². The summed E-state index contributed by atoms with van der Waals surface area (Å²) in [5.74, 6) is -1.48. The number of halogens is 3. The molecule has 154 valence electrons. The minimum absolute atomic E-state index is 0.0608. The van der Waals surface area contributed by atoms with Gasteiger partial charge in [-0.1, -0.05) is 6.07 Å². The molecule has 3 aromatic rings. The topological polar surface area (TPSA) is 81.1 Å². The molecule has 2 aromatic heterocycles. The van der Waals surface area contributed by atoms with E-state index in [1.807, 2.05) is 0 Å². The van der Waals surface area contributed by atoms with Crippen LogP contribution in [0.25, 0.3) is 16.8 Å². The maximum Gasteiger partial charge on any atom is 0.387 e. The molecule has 0 radical (unpaired) electrons. The van der Waals surface area contributed by atoms with Gasteiger partial charge in [-0.2, -0.15) is 13.9 Å². The highest BCUT2D eigenvalue weighted by Crippen LogP contribution is 2.39. The minimum Gasteiger partial charge on any atom is -0.434 e. The van der Waals surface area contributed by atoms with Crippen LogP contribution >= 0.6 is 0 Å². The van der Waals surface area contributed by atoms with E-state index in [-0.39, 0.29) is 22.9 Å². The summed E-state index contributed by atoms with van der Waals surface area (Å²) in [6.07, 6.45) is 4.69. The lowest BCUT2D eigenvalue weighted by Crippen LogP contribution is -2.08. The zero-order valence-electron chi connectivity index (χ0n) is 15.9. The summed E-state index contributed by atoms with van der Waals surface area (Å²) in [4.78, 5) is 16.7. The van der Waals surface area contributed by atoms with Gasteiger partial charge in [0, 0.05) is 24.5 Å². The Balaban J connectivity index is 1.79. The molecule has 3 heterocycles. The predicted octanol–water partition coefficient (Wildman–Crippen LogP) is 4.02. The van der Waals surface area contributed by atoms with E-state index in [1.54, 1.807) is 31.0 Å². The van der Waals surface area contributed by atoms with Crippen LogP contribution in [0.5, 0.6) is 5.75 Å². The highest BCUT2D eigenvalue weighted by molar-refractivity contribution is 6.32. The number of anilines is 2. The Morgan fingerprint density at radius 1 is 1.30 bits per heavy atom. The van der Waals surface area contributed by atoms with Crippen LogP contribution in [-0.2, 0) is 11.8 Å². The highest BCUT2D eigenvalue weighted by Gasteiger charge is 2.28. The molecule has 4 rings (SSSR count). The number of amides is 1. The number of aryl methyl sites for hydroxylation is 1. The van der Waals surface area contributed by atoms with E-state index in [0.717, 1.165) is 6.07 Å². The van der Waals surface area contributed by atoms with Crippen LogP contribution in [0, 0.1) is 5.82 Å². The zero-order chi connectivity index (χ0) is 21.4. The van der Waals surface area contributed by atoms with Crippen LogP contribution < -0.4 is 15.4 Å². The van der Waals surface area contributed by atoms with E-state index < -0.39 is 12.4 Å². The number of aromatic nitrogens is 3. The van der Waals surface area contributed by atoms with Gasteiger partial charge in [0.2, 0.25) is 0 Å². The Kier molecular flexibility index (Phi) is 4.90. The van der Waals surface area contributed by atoms with Crippen molar-refractivity contribution in [3.8, 4) is 17.0 Å². The molecule has 0 saturated carbocycles. The van der Waals surface area contributed by atoms with E-state index in [0.29, 0.717) is 28.2 Å². The Morgan fingerprint density at radius 2 is 2.10 bits per heavy atom. The van der Waals surface area contributed by atoms with Crippen molar-refractivity contribution in [1.82, 2.24) is 14.8 Å². The number of alkyl halides is 2. The van der Waals surface area contributed by atoms with Gasteiger partial charge in [0.25, 0.3) is 5.91 Å². The summed E-state index contributed by atoms with van der Waals surface area (Å²) >= 11 is 0. The van der Waals surface area contributed by atoms with Crippen molar-refractivity contribution in [3.05, 3.63) is 59.9 Å². The van der Waals surface area contributed by atoms with Gasteiger partial charge < -0.3 is 15.4 Å². The van der Waals surface area contributed by atoms with Crippen molar-refractivity contribution < 1.29 is 22.7 Å². The Labute approximate surface area is 169 Å². The zero-order valence-corrected chi connectivity index (χ0v) is 15.9. The standard InChI is InChI=1S/C20H16F3N5O2/c1-10(26-11-7-25-28(2)9-11)17-12-6-14(24-8-15(12)27-19(17)29)18-13(21)4-3-5-16(18)30-20(22)23/h3-9,20,26H,1-2H3,(H,27,29)/b17-10-. The van der Waals surface area contributed by atoms with Crippen LogP contribution in [0.1, 0.15) is 12.5 Å². The number of fused-ring (bicyclic) bond motifs is 1. The van der Waals surface area contributed by atoms with Crippen molar-refractivity contribution in [3.63, 3.8) is 0 Å². The second-order valence-electron chi connectivity index (χ2n) is 6.59. The van der Waals surface area contributed by atoms with E-state index in [4.69, 9.17) is 0 Å². The van der Waals surface area contributed by atoms with E-state index in [9.17, 15) is 18.0 Å². The number of benzene rings is 1. The van der Waals surface area contributed by atoms with Gasteiger partial charge >= 0.3 is 6.61 Å². The maximum atomic E-state index is 14.5.